The minimum atomic E-state index is -5.35. The smallest absolute Gasteiger partial charge is 1.00 e. The summed E-state index contributed by atoms with van der Waals surface area (Å²) < 4.78 is 39.9. The molecule has 0 aromatic carbocycles. The average Bonchev–Trinajstić information content (AvgIpc) is 2.04. The van der Waals surface area contributed by atoms with Crippen LogP contribution in [-0.2, 0) is 28.1 Å². The van der Waals surface area contributed by atoms with Crippen LogP contribution in [0.5, 0.6) is 0 Å². The first-order valence-electron chi connectivity index (χ1n) is 2.12. The largest absolute Gasteiger partial charge is 1.00 e. The van der Waals surface area contributed by atoms with Gasteiger partial charge in [-0.05, 0) is 9.05 Å². The van der Waals surface area contributed by atoms with Gasteiger partial charge in [-0.2, -0.15) is 0 Å². The van der Waals surface area contributed by atoms with Crippen molar-refractivity contribution < 1.29 is 73.3 Å². The van der Waals surface area contributed by atoms with Gasteiger partial charge in [-0.15, -0.1) is 0 Å². The van der Waals surface area contributed by atoms with Crippen molar-refractivity contribution in [2.75, 3.05) is 0 Å². The van der Waals surface area contributed by atoms with Crippen molar-refractivity contribution in [3.05, 3.63) is 0 Å². The van der Waals surface area contributed by atoms with E-state index >= 15 is 0 Å². The third kappa shape index (κ3) is 5.29. The second-order valence-corrected chi connectivity index (χ2v) is 2.62. The van der Waals surface area contributed by atoms with Crippen molar-refractivity contribution in [2.45, 2.75) is 0 Å². The van der Waals surface area contributed by atoms with E-state index in [2.05, 4.69) is 14.0 Å². The zero-order chi connectivity index (χ0) is 9.78. The van der Waals surface area contributed by atoms with Crippen LogP contribution >= 0.6 is 7.82 Å². The summed E-state index contributed by atoms with van der Waals surface area (Å²) in [6.07, 6.45) is 0. The molecule has 0 aromatic heterocycles. The summed E-state index contributed by atoms with van der Waals surface area (Å²) in [5.74, 6) is -4.38. The first-order chi connectivity index (χ1) is 5.45. The molecule has 0 saturated carbocycles. The number of carboxylic acids is 1. The van der Waals surface area contributed by atoms with Crippen LogP contribution in [0.4, 0.5) is 9.05 Å². The summed E-state index contributed by atoms with van der Waals surface area (Å²) in [5, 5.41) is 7.78. The van der Waals surface area contributed by atoms with Gasteiger partial charge in [-0.1, -0.05) is 9.46 Å². The summed E-state index contributed by atoms with van der Waals surface area (Å²) in [5.41, 5.74) is 0. The number of rotatable bonds is 3. The van der Waals surface area contributed by atoms with Crippen molar-refractivity contribution >= 4 is 19.8 Å². The molecule has 0 heterocycles. The van der Waals surface area contributed by atoms with E-state index in [4.69, 9.17) is 5.11 Å². The van der Waals surface area contributed by atoms with Gasteiger partial charge in [0.1, 0.15) is 0 Å². The summed E-state index contributed by atoms with van der Waals surface area (Å²) in [6, 6.07) is 0. The molecule has 0 unspecified atom stereocenters. The Morgan fingerprint density at radius 2 is 1.69 bits per heavy atom. The van der Waals surface area contributed by atoms with Crippen LogP contribution in [0.2, 0.25) is 0 Å². The molecule has 7 nitrogen and oxygen atoms in total. The molecule has 0 atom stereocenters. The monoisotopic (exact) mass is 230 g/mol. The fraction of sp³-hybridized carbons (Fsp3) is 0. The van der Waals surface area contributed by atoms with E-state index in [0.717, 1.165) is 0 Å². The van der Waals surface area contributed by atoms with E-state index in [0.29, 0.717) is 0 Å². The maximum Gasteiger partial charge on any atom is 1.00 e. The fourth-order valence-electron chi connectivity index (χ4n) is 0.179. The maximum atomic E-state index is 11.1. The molecule has 0 aliphatic carbocycles. The van der Waals surface area contributed by atoms with Crippen molar-refractivity contribution in [2.24, 2.45) is 0 Å². The van der Waals surface area contributed by atoms with Crippen LogP contribution in [0.3, 0.4) is 0 Å². The third-order valence-electron chi connectivity index (χ3n) is 0.538. The molecule has 1 N–H and O–H groups in total. The number of halogens is 2. The van der Waals surface area contributed by atoms with Gasteiger partial charge in [-0.25, -0.2) is 14.2 Å². The SMILES string of the molecule is O=C(O)C(=O)OP(=O)(OF)OF.[H-].[Na+]. The molecule has 0 spiro atoms. The van der Waals surface area contributed by atoms with E-state index in [-0.39, 0.29) is 31.0 Å². The second kappa shape index (κ2) is 6.41. The zero-order valence-electron chi connectivity index (χ0n) is 7.10. The van der Waals surface area contributed by atoms with Gasteiger partial charge in [-0.3, -0.25) is 0 Å². The zero-order valence-corrected chi connectivity index (χ0v) is 8.99. The van der Waals surface area contributed by atoms with Crippen LogP contribution in [-0.4, -0.2) is 17.0 Å². The number of hydrogen-bond acceptors (Lipinski definition) is 6. The molecule has 72 valence electrons. The molecule has 0 bridgehead atoms. The Morgan fingerprint density at radius 1 is 1.31 bits per heavy atom. The molecule has 0 rings (SSSR count). The van der Waals surface area contributed by atoms with Gasteiger partial charge in [0.15, 0.2) is 0 Å². The summed E-state index contributed by atoms with van der Waals surface area (Å²) in [7, 11) is -5.35. The molecule has 0 radical (unpaired) electrons. The van der Waals surface area contributed by atoms with Crippen molar-refractivity contribution in [3.8, 4) is 0 Å². The number of aliphatic carboxylic acids is 1. The Bertz CT molecular complexity index is 240. The Hall–Kier alpha value is -0.0500. The van der Waals surface area contributed by atoms with Crippen molar-refractivity contribution in [3.63, 3.8) is 0 Å². The van der Waals surface area contributed by atoms with Crippen LogP contribution < -0.4 is 29.6 Å². The minimum absolute atomic E-state index is 0. The third-order valence-corrected chi connectivity index (χ3v) is 1.27. The van der Waals surface area contributed by atoms with Gasteiger partial charge in [0.25, 0.3) is 0 Å². The molecule has 13 heavy (non-hydrogen) atoms. The topological polar surface area (TPSA) is 99.1 Å². The molecule has 0 fully saturated rings. The number of hydrogen-bond donors (Lipinski definition) is 1. The molecule has 11 heteroatoms. The van der Waals surface area contributed by atoms with E-state index in [1.165, 1.54) is 0 Å². The summed E-state index contributed by atoms with van der Waals surface area (Å²) >= 11 is 0. The van der Waals surface area contributed by atoms with Crippen molar-refractivity contribution in [1.82, 2.24) is 0 Å². The summed E-state index contributed by atoms with van der Waals surface area (Å²) in [4.78, 5) is 19.6. The normalized spacial score (nSPS) is 10.0. The molecular weight excluding hydrogens is 228 g/mol. The predicted octanol–water partition coefficient (Wildman–Crippen LogP) is -2.36. The molecule has 0 aromatic rings. The first-order valence-corrected chi connectivity index (χ1v) is 3.59. The van der Waals surface area contributed by atoms with Crippen LogP contribution in [0.25, 0.3) is 0 Å². The van der Waals surface area contributed by atoms with Gasteiger partial charge < -0.3 is 11.1 Å². The van der Waals surface area contributed by atoms with E-state index in [9.17, 15) is 23.2 Å². The Kier molecular flexibility index (Phi) is 7.61. The molecule has 0 amide bonds. The van der Waals surface area contributed by atoms with Crippen LogP contribution in [0.1, 0.15) is 1.43 Å². The molecule has 0 saturated heterocycles. The number of carbonyl (C=O) groups is 2. The summed E-state index contributed by atoms with van der Waals surface area (Å²) in [6.45, 7) is 0. The van der Waals surface area contributed by atoms with Gasteiger partial charge in [0, 0.05) is 0 Å². The maximum absolute atomic E-state index is 11.1. The van der Waals surface area contributed by atoms with Crippen LogP contribution in [0.15, 0.2) is 0 Å². The van der Waals surface area contributed by atoms with E-state index in [1.54, 1.807) is 0 Å². The molecular formula is C2H2F2NaO7P. The van der Waals surface area contributed by atoms with Crippen molar-refractivity contribution in [1.29, 1.82) is 0 Å². The Labute approximate surface area is 93.1 Å². The van der Waals surface area contributed by atoms with Gasteiger partial charge >= 0.3 is 49.3 Å². The predicted molar refractivity (Wildman–Crippen MR) is 26.8 cm³/mol. The van der Waals surface area contributed by atoms with E-state index in [1.807, 2.05) is 0 Å². The Balaban J connectivity index is -0.000000605. The van der Waals surface area contributed by atoms with E-state index < -0.39 is 19.8 Å². The number of phosphoric acid groups is 1. The fourth-order valence-corrected chi connectivity index (χ4v) is 0.538. The van der Waals surface area contributed by atoms with Gasteiger partial charge in [0.05, 0.1) is 0 Å². The van der Waals surface area contributed by atoms with Gasteiger partial charge in [0.2, 0.25) is 0 Å². The first kappa shape index (κ1) is 15.4. The number of carboxylic acid groups (broad SMARTS) is 1. The standard InChI is InChI=1S/C2HF2O7P.Na.H/c3-10-12(8,11-4)9-2(7)1(5)6;;/h(H,5,6);;/q;+1;-1. The van der Waals surface area contributed by atoms with Crippen LogP contribution in [0, 0.1) is 0 Å². The second-order valence-electron chi connectivity index (χ2n) is 1.27. The molecule has 0 aliphatic heterocycles. The average molecular weight is 230 g/mol. The number of carbonyl (C=O) groups excluding carboxylic acids is 1. The molecule has 0 aliphatic rings. The Morgan fingerprint density at radius 3 is 1.92 bits per heavy atom. The minimum Gasteiger partial charge on any atom is -1.00 e. The quantitative estimate of drug-likeness (QED) is 0.329.